The molecule has 7 nitrogen and oxygen atoms in total. The van der Waals surface area contributed by atoms with E-state index >= 15 is 0 Å². The number of ketones is 1. The predicted molar refractivity (Wildman–Crippen MR) is 119 cm³/mol. The zero-order chi connectivity index (χ0) is 21.5. The second-order valence-corrected chi connectivity index (χ2v) is 9.67. The zero-order valence-electron chi connectivity index (χ0n) is 18.3. The molecule has 0 spiro atoms. The Morgan fingerprint density at radius 2 is 1.20 bits per heavy atom. The lowest BCUT2D eigenvalue weighted by Crippen LogP contribution is -2.26. The average molecular weight is 411 g/mol. The van der Waals surface area contributed by atoms with Gasteiger partial charge in [0, 0.05) is 21.9 Å². The number of hydrogen-bond acceptors (Lipinski definition) is 3. The van der Waals surface area contributed by atoms with Crippen LogP contribution in [0.15, 0.2) is 33.5 Å². The van der Waals surface area contributed by atoms with E-state index in [1.54, 1.807) is 0 Å². The molecule has 0 unspecified atom stereocenters. The van der Waals surface area contributed by atoms with Crippen molar-refractivity contribution < 1.29 is 4.79 Å². The largest absolute Gasteiger partial charge is 0.289 e. The summed E-state index contributed by atoms with van der Waals surface area (Å²) in [6.07, 6.45) is 13.9. The van der Waals surface area contributed by atoms with Crippen LogP contribution in [0.4, 0.5) is 0 Å². The van der Waals surface area contributed by atoms with Crippen molar-refractivity contribution in [3.05, 3.63) is 44.2 Å². The molecule has 0 bridgehead atoms. The van der Waals surface area contributed by atoms with E-state index in [0.717, 1.165) is 75.4 Å². The van der Waals surface area contributed by atoms with Gasteiger partial charge in [0.05, 0.1) is 0 Å². The normalized spacial score (nSPS) is 35.2. The van der Waals surface area contributed by atoms with E-state index < -0.39 is 0 Å². The van der Waals surface area contributed by atoms with E-state index in [4.69, 9.17) is 11.1 Å². The second-order valence-electron chi connectivity index (χ2n) is 9.67. The molecule has 0 N–H and O–H groups in total. The molecule has 0 aromatic heterocycles. The predicted octanol–water partition coefficient (Wildman–Crippen LogP) is 7.21. The molecule has 0 amide bonds. The van der Waals surface area contributed by atoms with Gasteiger partial charge in [0.15, 0.2) is 5.78 Å². The summed E-state index contributed by atoms with van der Waals surface area (Å²) in [7, 11) is 0. The average Bonchev–Trinajstić information content (AvgIpc) is 2.74. The highest BCUT2D eigenvalue weighted by atomic mass is 16.1. The number of allylic oxidation sites excluding steroid dienone is 4. The van der Waals surface area contributed by atoms with Gasteiger partial charge in [-0.05, 0) is 110 Å². The molecule has 3 rings (SSSR count). The van der Waals surface area contributed by atoms with Crippen LogP contribution in [0, 0.1) is 23.7 Å². The first-order chi connectivity index (χ1) is 14.5. The van der Waals surface area contributed by atoms with Crippen molar-refractivity contribution in [2.45, 2.75) is 90.1 Å². The van der Waals surface area contributed by atoms with Crippen LogP contribution in [0.5, 0.6) is 0 Å². The molecule has 162 valence electrons. The molecule has 3 saturated carbocycles. The van der Waals surface area contributed by atoms with Gasteiger partial charge in [0.1, 0.15) is 0 Å². The third kappa shape index (κ3) is 5.90. The fourth-order valence-corrected chi connectivity index (χ4v) is 5.27. The molecule has 3 aliphatic carbocycles. The van der Waals surface area contributed by atoms with Gasteiger partial charge >= 0.3 is 0 Å². The summed E-state index contributed by atoms with van der Waals surface area (Å²) in [5, 5.41) is 7.73. The maximum absolute atomic E-state index is 13.3. The lowest BCUT2D eigenvalue weighted by Gasteiger charge is -2.32. The summed E-state index contributed by atoms with van der Waals surface area (Å²) in [5.41, 5.74) is 19.3. The van der Waals surface area contributed by atoms with Crippen LogP contribution in [-0.4, -0.2) is 17.9 Å². The van der Waals surface area contributed by atoms with Crippen molar-refractivity contribution in [3.63, 3.8) is 0 Å². The van der Waals surface area contributed by atoms with E-state index in [-0.39, 0.29) is 17.9 Å². The smallest absolute Gasteiger partial charge is 0.184 e. The highest BCUT2D eigenvalue weighted by Gasteiger charge is 2.31. The molecule has 0 aromatic carbocycles. The molecule has 0 atom stereocenters. The number of rotatable bonds is 5. The number of carbonyl (C=O) groups is 1. The van der Waals surface area contributed by atoms with Crippen LogP contribution in [0.25, 0.3) is 20.9 Å². The van der Waals surface area contributed by atoms with Gasteiger partial charge in [-0.3, -0.25) is 4.79 Å². The van der Waals surface area contributed by atoms with Crippen molar-refractivity contribution >= 4 is 5.78 Å². The standard InChI is InChI=1S/C23H34N6O/c1-15(2)18-13-19(11-16-3-7-21(8-4-16)26-28-24)23(30)20(14-18)12-17-5-9-22(10-6-17)27-29-25/h11-12,15-18,21-22H,3-10,13-14H2,1-2H3/b19-11+,20-12+. The van der Waals surface area contributed by atoms with Crippen LogP contribution >= 0.6 is 0 Å². The molecule has 0 heterocycles. The summed E-state index contributed by atoms with van der Waals surface area (Å²) in [4.78, 5) is 19.2. The summed E-state index contributed by atoms with van der Waals surface area (Å²) in [6, 6.07) is 0.233. The fraction of sp³-hybridized carbons (Fsp3) is 0.783. The Morgan fingerprint density at radius 3 is 1.53 bits per heavy atom. The first kappa shape index (κ1) is 22.5. The van der Waals surface area contributed by atoms with Crippen molar-refractivity contribution in [2.24, 2.45) is 33.9 Å². The van der Waals surface area contributed by atoms with E-state index in [9.17, 15) is 4.79 Å². The van der Waals surface area contributed by atoms with Gasteiger partial charge in [-0.15, -0.1) is 0 Å². The lowest BCUT2D eigenvalue weighted by molar-refractivity contribution is -0.113. The first-order valence-electron chi connectivity index (χ1n) is 11.5. The first-order valence-corrected chi connectivity index (χ1v) is 11.5. The third-order valence-electron chi connectivity index (χ3n) is 7.28. The van der Waals surface area contributed by atoms with E-state index in [0.29, 0.717) is 23.7 Å². The zero-order valence-corrected chi connectivity index (χ0v) is 18.3. The van der Waals surface area contributed by atoms with Gasteiger partial charge < -0.3 is 0 Å². The Morgan fingerprint density at radius 1 is 0.800 bits per heavy atom. The van der Waals surface area contributed by atoms with Gasteiger partial charge in [0.25, 0.3) is 0 Å². The van der Waals surface area contributed by atoms with Crippen LogP contribution in [-0.2, 0) is 4.79 Å². The number of hydrogen-bond donors (Lipinski definition) is 0. The van der Waals surface area contributed by atoms with Gasteiger partial charge in [0.2, 0.25) is 0 Å². The number of nitrogens with zero attached hydrogens (tertiary/aromatic N) is 6. The second kappa shape index (κ2) is 10.7. The summed E-state index contributed by atoms with van der Waals surface area (Å²) < 4.78 is 0. The quantitative estimate of drug-likeness (QED) is 0.202. The highest BCUT2D eigenvalue weighted by molar-refractivity contribution is 6.09. The van der Waals surface area contributed by atoms with Crippen molar-refractivity contribution in [3.8, 4) is 0 Å². The van der Waals surface area contributed by atoms with E-state index in [1.807, 2.05) is 0 Å². The Labute approximate surface area is 179 Å². The molecular formula is C23H34N6O. The number of carbonyl (C=O) groups excluding carboxylic acids is 1. The van der Waals surface area contributed by atoms with Gasteiger partial charge in [-0.1, -0.05) is 36.2 Å². The Bertz CT molecular complexity index is 712. The van der Waals surface area contributed by atoms with Crippen molar-refractivity contribution in [2.75, 3.05) is 0 Å². The topological polar surface area (TPSA) is 115 Å². The van der Waals surface area contributed by atoms with Gasteiger partial charge in [-0.2, -0.15) is 0 Å². The van der Waals surface area contributed by atoms with Crippen LogP contribution in [0.3, 0.4) is 0 Å². The maximum atomic E-state index is 13.3. The van der Waals surface area contributed by atoms with E-state index in [1.165, 1.54) is 0 Å². The maximum Gasteiger partial charge on any atom is 0.184 e. The molecule has 3 fully saturated rings. The summed E-state index contributed by atoms with van der Waals surface area (Å²) >= 11 is 0. The summed E-state index contributed by atoms with van der Waals surface area (Å²) in [6.45, 7) is 4.51. The lowest BCUT2D eigenvalue weighted by atomic mass is 9.73. The SMILES string of the molecule is CC(C)C1C/C(=C\C2CCC(N=[N+]=[N-])CC2)C(=O)/C(=C/C2CCC(N=[N+]=[N-])CC2)C1. The minimum Gasteiger partial charge on any atom is -0.289 e. The molecule has 0 radical (unpaired) electrons. The van der Waals surface area contributed by atoms with Crippen molar-refractivity contribution in [1.29, 1.82) is 0 Å². The molecule has 7 heteroatoms. The molecular weight excluding hydrogens is 376 g/mol. The van der Waals surface area contributed by atoms with Crippen LogP contribution in [0.1, 0.15) is 78.1 Å². The fourth-order valence-electron chi connectivity index (χ4n) is 5.27. The Balaban J connectivity index is 1.71. The molecule has 3 aliphatic rings. The van der Waals surface area contributed by atoms with Crippen molar-refractivity contribution in [1.82, 2.24) is 0 Å². The minimum absolute atomic E-state index is 0.117. The molecule has 0 aliphatic heterocycles. The minimum atomic E-state index is 0.117. The highest BCUT2D eigenvalue weighted by Crippen LogP contribution is 2.39. The monoisotopic (exact) mass is 410 g/mol. The Hall–Kier alpha value is -2.23. The molecule has 0 saturated heterocycles. The van der Waals surface area contributed by atoms with Crippen LogP contribution < -0.4 is 0 Å². The molecule has 0 aromatic rings. The number of azide groups is 2. The summed E-state index contributed by atoms with van der Waals surface area (Å²) in [5.74, 6) is 2.15. The Kier molecular flexibility index (Phi) is 8.01. The third-order valence-corrected chi connectivity index (χ3v) is 7.28. The number of Topliss-reactive ketones (excluding diaryl/α,β-unsaturated/α-hetero) is 1. The van der Waals surface area contributed by atoms with Gasteiger partial charge in [-0.25, -0.2) is 0 Å². The van der Waals surface area contributed by atoms with Crippen LogP contribution in [0.2, 0.25) is 0 Å². The molecule has 30 heavy (non-hydrogen) atoms. The van der Waals surface area contributed by atoms with E-state index in [2.05, 4.69) is 46.1 Å².